The highest BCUT2D eigenvalue weighted by Crippen LogP contribution is 2.27. The lowest BCUT2D eigenvalue weighted by Crippen LogP contribution is -2.16. The van der Waals surface area contributed by atoms with Gasteiger partial charge in [0.05, 0.1) is 16.3 Å². The van der Waals surface area contributed by atoms with Gasteiger partial charge in [0.25, 0.3) is 15.6 Å². The maximum Gasteiger partial charge on any atom is 0.264 e. The Kier molecular flexibility index (Phi) is 5.34. The van der Waals surface area contributed by atoms with E-state index in [0.29, 0.717) is 34.0 Å². The quantitative estimate of drug-likeness (QED) is 0.678. The van der Waals surface area contributed by atoms with E-state index in [0.717, 1.165) is 5.56 Å². The van der Waals surface area contributed by atoms with Crippen LogP contribution in [-0.2, 0) is 16.4 Å². The van der Waals surface area contributed by atoms with Crippen molar-refractivity contribution in [2.24, 2.45) is 0 Å². The Balaban J connectivity index is 2.06. The molecule has 27 heavy (non-hydrogen) atoms. The van der Waals surface area contributed by atoms with Gasteiger partial charge in [-0.05, 0) is 54.8 Å². The molecule has 3 aromatic rings. The molecule has 0 amide bonds. The fourth-order valence-corrected chi connectivity index (χ4v) is 4.40. The highest BCUT2D eigenvalue weighted by atomic mass is 35.5. The molecule has 0 aliphatic heterocycles. The summed E-state index contributed by atoms with van der Waals surface area (Å²) in [6.45, 7) is 3.67. The zero-order chi connectivity index (χ0) is 19.6. The van der Waals surface area contributed by atoms with Gasteiger partial charge in [-0.15, -0.1) is 0 Å². The Labute approximate surface area is 162 Å². The molecule has 1 heterocycles. The van der Waals surface area contributed by atoms with Gasteiger partial charge in [0.2, 0.25) is 0 Å². The molecule has 0 unspecified atom stereocenters. The molecular formula is C19H18ClN3O3S. The van der Waals surface area contributed by atoms with E-state index in [-0.39, 0.29) is 10.5 Å². The van der Waals surface area contributed by atoms with E-state index in [1.54, 1.807) is 49.4 Å². The lowest BCUT2D eigenvalue weighted by molar-refractivity contribution is 0.600. The number of hydrogen-bond acceptors (Lipinski definition) is 4. The van der Waals surface area contributed by atoms with Crippen LogP contribution in [0.4, 0.5) is 5.69 Å². The van der Waals surface area contributed by atoms with E-state index in [2.05, 4.69) is 14.9 Å². The largest absolute Gasteiger partial charge is 0.279 e. The Morgan fingerprint density at radius 1 is 1.11 bits per heavy atom. The molecule has 2 N–H and O–H groups in total. The second-order valence-corrected chi connectivity index (χ2v) is 8.13. The van der Waals surface area contributed by atoms with Gasteiger partial charge < -0.3 is 0 Å². The smallest absolute Gasteiger partial charge is 0.264 e. The van der Waals surface area contributed by atoms with Crippen LogP contribution in [0.25, 0.3) is 11.3 Å². The molecule has 3 rings (SSSR count). The van der Waals surface area contributed by atoms with E-state index in [1.807, 2.05) is 6.92 Å². The zero-order valence-electron chi connectivity index (χ0n) is 14.8. The van der Waals surface area contributed by atoms with E-state index in [1.165, 1.54) is 6.07 Å². The van der Waals surface area contributed by atoms with Gasteiger partial charge in [0, 0.05) is 16.7 Å². The molecule has 1 aromatic heterocycles. The number of aryl methyl sites for hydroxylation is 2. The average molecular weight is 404 g/mol. The van der Waals surface area contributed by atoms with Crippen LogP contribution >= 0.6 is 11.6 Å². The number of aromatic amines is 1. The third kappa shape index (κ3) is 4.20. The Morgan fingerprint density at radius 2 is 1.89 bits per heavy atom. The Bertz CT molecular complexity index is 1140. The third-order valence-electron chi connectivity index (χ3n) is 4.15. The minimum atomic E-state index is -3.82. The highest BCUT2D eigenvalue weighted by Gasteiger charge is 2.20. The zero-order valence-corrected chi connectivity index (χ0v) is 16.4. The number of nitrogens with one attached hydrogen (secondary N) is 2. The number of nitrogens with zero attached hydrogens (tertiary/aromatic N) is 1. The molecule has 6 nitrogen and oxygen atoms in total. The molecule has 0 aliphatic rings. The van der Waals surface area contributed by atoms with Crippen LogP contribution in [0.1, 0.15) is 18.1 Å². The lowest BCUT2D eigenvalue weighted by Gasteiger charge is -2.14. The maximum atomic E-state index is 13.0. The molecular weight excluding hydrogens is 386 g/mol. The van der Waals surface area contributed by atoms with Gasteiger partial charge >= 0.3 is 0 Å². The SMILES string of the molecule is CCc1ccc(-c2ccc(=O)[nH]n2)cc1S(=O)(=O)Nc1ccc(Cl)cc1C. The number of rotatable bonds is 5. The molecule has 0 radical (unpaired) electrons. The van der Waals surface area contributed by atoms with Crippen molar-refractivity contribution in [1.82, 2.24) is 10.2 Å². The standard InChI is InChI=1S/C19H18ClN3O3S/c1-3-13-4-5-14(17-8-9-19(24)22-21-17)11-18(13)27(25,26)23-16-7-6-15(20)10-12(16)2/h4-11,23H,3H2,1-2H3,(H,22,24). The highest BCUT2D eigenvalue weighted by molar-refractivity contribution is 7.92. The van der Waals surface area contributed by atoms with Gasteiger partial charge in [-0.1, -0.05) is 30.7 Å². The van der Waals surface area contributed by atoms with Crippen molar-refractivity contribution in [1.29, 1.82) is 0 Å². The summed E-state index contributed by atoms with van der Waals surface area (Å²) < 4.78 is 28.7. The lowest BCUT2D eigenvalue weighted by atomic mass is 10.1. The molecule has 0 atom stereocenters. The van der Waals surface area contributed by atoms with Gasteiger partial charge in [-0.2, -0.15) is 5.10 Å². The van der Waals surface area contributed by atoms with Crippen molar-refractivity contribution >= 4 is 27.3 Å². The molecule has 0 bridgehead atoms. The molecule has 140 valence electrons. The van der Waals surface area contributed by atoms with Crippen molar-refractivity contribution in [2.45, 2.75) is 25.2 Å². The first-order chi connectivity index (χ1) is 12.8. The second-order valence-electron chi connectivity index (χ2n) is 6.05. The van der Waals surface area contributed by atoms with Crippen molar-refractivity contribution in [2.75, 3.05) is 4.72 Å². The molecule has 0 spiro atoms. The molecule has 2 aromatic carbocycles. The van der Waals surface area contributed by atoms with Gasteiger partial charge in [0.15, 0.2) is 0 Å². The topological polar surface area (TPSA) is 91.9 Å². The first kappa shape index (κ1) is 19.1. The first-order valence-corrected chi connectivity index (χ1v) is 10.1. The monoisotopic (exact) mass is 403 g/mol. The fourth-order valence-electron chi connectivity index (χ4n) is 2.70. The number of anilines is 1. The van der Waals surface area contributed by atoms with E-state index in [4.69, 9.17) is 11.6 Å². The van der Waals surface area contributed by atoms with Crippen molar-refractivity contribution in [3.05, 3.63) is 75.0 Å². The predicted molar refractivity (Wildman–Crippen MR) is 107 cm³/mol. The molecule has 0 saturated heterocycles. The van der Waals surface area contributed by atoms with Gasteiger partial charge in [0.1, 0.15) is 0 Å². The summed E-state index contributed by atoms with van der Waals surface area (Å²) in [7, 11) is -3.82. The Morgan fingerprint density at radius 3 is 2.52 bits per heavy atom. The van der Waals surface area contributed by atoms with Crippen LogP contribution in [0, 0.1) is 6.92 Å². The summed E-state index contributed by atoms with van der Waals surface area (Å²) in [5, 5.41) is 6.86. The fraction of sp³-hybridized carbons (Fsp3) is 0.158. The van der Waals surface area contributed by atoms with Crippen LogP contribution < -0.4 is 10.3 Å². The van der Waals surface area contributed by atoms with Crippen molar-refractivity contribution in [3.63, 3.8) is 0 Å². The summed E-state index contributed by atoms with van der Waals surface area (Å²) in [6.07, 6.45) is 0.551. The van der Waals surface area contributed by atoms with E-state index in [9.17, 15) is 13.2 Å². The second kappa shape index (κ2) is 7.54. The van der Waals surface area contributed by atoms with Crippen LogP contribution in [-0.4, -0.2) is 18.6 Å². The van der Waals surface area contributed by atoms with Crippen LogP contribution in [0.15, 0.2) is 58.2 Å². The summed E-state index contributed by atoms with van der Waals surface area (Å²) in [4.78, 5) is 11.4. The normalized spacial score (nSPS) is 11.4. The molecule has 0 aliphatic carbocycles. The summed E-state index contributed by atoms with van der Waals surface area (Å²) in [5.41, 5.74) is 2.63. The van der Waals surface area contributed by atoms with E-state index < -0.39 is 10.0 Å². The average Bonchev–Trinajstić information content (AvgIpc) is 2.64. The number of H-pyrrole nitrogens is 1. The molecule has 0 fully saturated rings. The van der Waals surface area contributed by atoms with E-state index >= 15 is 0 Å². The maximum absolute atomic E-state index is 13.0. The first-order valence-electron chi connectivity index (χ1n) is 8.28. The number of sulfonamides is 1. The predicted octanol–water partition coefficient (Wildman–Crippen LogP) is 3.76. The van der Waals surface area contributed by atoms with Crippen LogP contribution in [0.2, 0.25) is 5.02 Å². The Hall–Kier alpha value is -2.64. The molecule has 8 heteroatoms. The summed E-state index contributed by atoms with van der Waals surface area (Å²) in [6, 6.07) is 13.0. The third-order valence-corrected chi connectivity index (χ3v) is 5.83. The minimum absolute atomic E-state index is 0.171. The number of hydrogen-bond donors (Lipinski definition) is 2. The van der Waals surface area contributed by atoms with Gasteiger partial charge in [-0.3, -0.25) is 9.52 Å². The number of halogens is 1. The van der Waals surface area contributed by atoms with Gasteiger partial charge in [-0.25, -0.2) is 13.5 Å². The van der Waals surface area contributed by atoms with Crippen LogP contribution in [0.3, 0.4) is 0 Å². The summed E-state index contributed by atoms with van der Waals surface area (Å²) in [5.74, 6) is 0. The minimum Gasteiger partial charge on any atom is -0.279 e. The van der Waals surface area contributed by atoms with Crippen LogP contribution in [0.5, 0.6) is 0 Å². The molecule has 0 saturated carbocycles. The number of aromatic nitrogens is 2. The van der Waals surface area contributed by atoms with Crippen molar-refractivity contribution in [3.8, 4) is 11.3 Å². The summed E-state index contributed by atoms with van der Waals surface area (Å²) >= 11 is 5.94. The number of benzene rings is 2. The van der Waals surface area contributed by atoms with Crippen molar-refractivity contribution < 1.29 is 8.42 Å².